The summed E-state index contributed by atoms with van der Waals surface area (Å²) in [5.74, 6) is -0.820. The number of rotatable bonds is 5. The third-order valence-electron chi connectivity index (χ3n) is 3.68. The first-order valence-electron chi connectivity index (χ1n) is 6.51. The molecule has 110 valence electrons. The van der Waals surface area contributed by atoms with Crippen molar-refractivity contribution >= 4 is 21.6 Å². The van der Waals surface area contributed by atoms with Crippen LogP contribution in [-0.4, -0.2) is 37.3 Å². The Kier molecular flexibility index (Phi) is 4.27. The fourth-order valence-electron chi connectivity index (χ4n) is 2.66. The summed E-state index contributed by atoms with van der Waals surface area (Å²) in [7, 11) is -3.35. The van der Waals surface area contributed by atoms with Crippen molar-refractivity contribution in [2.45, 2.75) is 24.2 Å². The molecule has 6 nitrogen and oxygen atoms in total. The maximum atomic E-state index is 11.6. The van der Waals surface area contributed by atoms with Crippen LogP contribution in [0, 0.1) is 11.8 Å². The molecule has 20 heavy (non-hydrogen) atoms. The summed E-state index contributed by atoms with van der Waals surface area (Å²) in [5.41, 5.74) is 0. The number of nitrogens with one attached hydrogen (secondary N) is 1. The largest absolute Gasteiger partial charge is 0.481 e. The van der Waals surface area contributed by atoms with Gasteiger partial charge in [0, 0.05) is 19.0 Å². The van der Waals surface area contributed by atoms with Gasteiger partial charge in [-0.15, -0.1) is 0 Å². The molecule has 7 heteroatoms. The highest BCUT2D eigenvalue weighted by molar-refractivity contribution is 7.90. The summed E-state index contributed by atoms with van der Waals surface area (Å²) in [6.07, 6.45) is 5.06. The van der Waals surface area contributed by atoms with E-state index in [-0.39, 0.29) is 16.7 Å². The second-order valence-corrected chi connectivity index (χ2v) is 7.12. The van der Waals surface area contributed by atoms with E-state index < -0.39 is 15.8 Å². The van der Waals surface area contributed by atoms with E-state index in [4.69, 9.17) is 5.11 Å². The minimum atomic E-state index is -3.35. The van der Waals surface area contributed by atoms with Gasteiger partial charge in [-0.05, 0) is 30.9 Å². The first-order valence-corrected chi connectivity index (χ1v) is 8.40. The summed E-state index contributed by atoms with van der Waals surface area (Å²) in [6, 6.07) is 3.06. The minimum absolute atomic E-state index is 0.0157. The summed E-state index contributed by atoms with van der Waals surface area (Å²) < 4.78 is 23.3. The lowest BCUT2D eigenvalue weighted by Crippen LogP contribution is -2.25. The number of carboxylic acids is 1. The summed E-state index contributed by atoms with van der Waals surface area (Å²) in [5, 5.41) is 12.1. The van der Waals surface area contributed by atoms with Crippen LogP contribution in [0.15, 0.2) is 23.2 Å². The molecule has 0 spiro atoms. The van der Waals surface area contributed by atoms with Gasteiger partial charge < -0.3 is 10.4 Å². The van der Waals surface area contributed by atoms with Gasteiger partial charge in [0.25, 0.3) is 0 Å². The maximum Gasteiger partial charge on any atom is 0.306 e. The molecule has 1 aromatic rings. The molecule has 1 aromatic heterocycles. The van der Waals surface area contributed by atoms with Gasteiger partial charge in [0.05, 0.1) is 5.92 Å². The number of sulfone groups is 1. The number of carbonyl (C=O) groups is 1. The molecule has 0 bridgehead atoms. The Morgan fingerprint density at radius 1 is 1.50 bits per heavy atom. The zero-order valence-electron chi connectivity index (χ0n) is 11.2. The van der Waals surface area contributed by atoms with Gasteiger partial charge in [0.1, 0.15) is 10.7 Å². The number of nitrogens with zero attached hydrogens (tertiary/aromatic N) is 1. The Bertz CT molecular complexity index is 600. The molecule has 0 radical (unpaired) electrons. The first-order chi connectivity index (χ1) is 9.39. The smallest absolute Gasteiger partial charge is 0.306 e. The maximum absolute atomic E-state index is 11.6. The van der Waals surface area contributed by atoms with E-state index in [1.54, 1.807) is 6.07 Å². The minimum Gasteiger partial charge on any atom is -0.481 e. The molecule has 1 heterocycles. The Morgan fingerprint density at radius 2 is 2.25 bits per heavy atom. The van der Waals surface area contributed by atoms with E-state index in [0.29, 0.717) is 18.8 Å². The fraction of sp³-hybridized carbons (Fsp3) is 0.538. The van der Waals surface area contributed by atoms with Crippen molar-refractivity contribution in [1.82, 2.24) is 4.98 Å². The monoisotopic (exact) mass is 298 g/mol. The number of hydrogen-bond donors (Lipinski definition) is 2. The average molecular weight is 298 g/mol. The quantitative estimate of drug-likeness (QED) is 0.853. The molecular weight excluding hydrogens is 280 g/mol. The van der Waals surface area contributed by atoms with Gasteiger partial charge in [-0.25, -0.2) is 13.4 Å². The molecule has 1 saturated carbocycles. The third kappa shape index (κ3) is 3.27. The molecule has 2 atom stereocenters. The van der Waals surface area contributed by atoms with Crippen molar-refractivity contribution in [3.05, 3.63) is 18.3 Å². The molecule has 2 N–H and O–H groups in total. The van der Waals surface area contributed by atoms with E-state index in [9.17, 15) is 13.2 Å². The Morgan fingerprint density at radius 3 is 2.90 bits per heavy atom. The average Bonchev–Trinajstić information content (AvgIpc) is 2.84. The summed E-state index contributed by atoms with van der Waals surface area (Å²) >= 11 is 0. The van der Waals surface area contributed by atoms with Gasteiger partial charge >= 0.3 is 5.97 Å². The zero-order chi connectivity index (χ0) is 14.8. The van der Waals surface area contributed by atoms with Crippen molar-refractivity contribution in [2.24, 2.45) is 11.8 Å². The lowest BCUT2D eigenvalue weighted by Gasteiger charge is -2.17. The Labute approximate surface area is 118 Å². The van der Waals surface area contributed by atoms with Crippen LogP contribution in [0.3, 0.4) is 0 Å². The molecule has 0 saturated heterocycles. The van der Waals surface area contributed by atoms with Gasteiger partial charge in [0.2, 0.25) is 0 Å². The van der Waals surface area contributed by atoms with E-state index in [1.807, 2.05) is 0 Å². The molecule has 2 unspecified atom stereocenters. The first kappa shape index (κ1) is 14.8. The number of pyridine rings is 1. The van der Waals surface area contributed by atoms with Crippen molar-refractivity contribution in [1.29, 1.82) is 0 Å². The van der Waals surface area contributed by atoms with Gasteiger partial charge in [0.15, 0.2) is 9.84 Å². The molecule has 1 fully saturated rings. The molecule has 0 aromatic carbocycles. The second kappa shape index (κ2) is 5.78. The van der Waals surface area contributed by atoms with Crippen LogP contribution in [0.2, 0.25) is 0 Å². The molecular formula is C13H18N2O4S. The SMILES string of the molecule is CS(=O)(=O)c1cccnc1NCC1CCCC1C(=O)O. The number of aromatic nitrogens is 1. The second-order valence-electron chi connectivity index (χ2n) is 5.14. The van der Waals surface area contributed by atoms with E-state index >= 15 is 0 Å². The summed E-state index contributed by atoms with van der Waals surface area (Å²) in [4.78, 5) is 15.3. The Hall–Kier alpha value is -1.63. The topological polar surface area (TPSA) is 96.4 Å². The third-order valence-corrected chi connectivity index (χ3v) is 4.81. The normalized spacial score (nSPS) is 22.6. The number of anilines is 1. The number of carboxylic acid groups (broad SMARTS) is 1. The highest BCUT2D eigenvalue weighted by Crippen LogP contribution is 2.32. The standard InChI is InChI=1S/C13H18N2O4S/c1-20(18,19)11-6-3-7-14-12(11)15-8-9-4-2-5-10(9)13(16)17/h3,6-7,9-10H,2,4-5,8H2,1H3,(H,14,15)(H,16,17). The highest BCUT2D eigenvalue weighted by Gasteiger charge is 2.32. The van der Waals surface area contributed by atoms with E-state index in [0.717, 1.165) is 19.1 Å². The predicted molar refractivity (Wildman–Crippen MR) is 74.3 cm³/mol. The van der Waals surface area contributed by atoms with Crippen LogP contribution in [0.5, 0.6) is 0 Å². The molecule has 1 aliphatic carbocycles. The lowest BCUT2D eigenvalue weighted by atomic mass is 9.96. The van der Waals surface area contributed by atoms with Crippen LogP contribution in [0.25, 0.3) is 0 Å². The fourth-order valence-corrected chi connectivity index (χ4v) is 3.46. The van der Waals surface area contributed by atoms with E-state index in [2.05, 4.69) is 10.3 Å². The van der Waals surface area contributed by atoms with Crippen LogP contribution >= 0.6 is 0 Å². The zero-order valence-corrected chi connectivity index (χ0v) is 12.1. The van der Waals surface area contributed by atoms with E-state index in [1.165, 1.54) is 12.3 Å². The van der Waals surface area contributed by atoms with Gasteiger partial charge in [-0.3, -0.25) is 4.79 Å². The van der Waals surface area contributed by atoms with Crippen molar-refractivity contribution in [3.8, 4) is 0 Å². The predicted octanol–water partition coefficient (Wildman–Crippen LogP) is 1.40. The van der Waals surface area contributed by atoms with Crippen LogP contribution < -0.4 is 5.32 Å². The number of hydrogen-bond acceptors (Lipinski definition) is 5. The Balaban J connectivity index is 2.10. The van der Waals surface area contributed by atoms with Gasteiger partial charge in [-0.1, -0.05) is 6.42 Å². The molecule has 0 amide bonds. The number of aliphatic carboxylic acids is 1. The highest BCUT2D eigenvalue weighted by atomic mass is 32.2. The lowest BCUT2D eigenvalue weighted by molar-refractivity contribution is -0.142. The van der Waals surface area contributed by atoms with Crippen LogP contribution in [-0.2, 0) is 14.6 Å². The van der Waals surface area contributed by atoms with Crippen molar-refractivity contribution in [3.63, 3.8) is 0 Å². The van der Waals surface area contributed by atoms with Gasteiger partial charge in [-0.2, -0.15) is 0 Å². The van der Waals surface area contributed by atoms with Crippen molar-refractivity contribution in [2.75, 3.05) is 18.1 Å². The molecule has 0 aliphatic heterocycles. The van der Waals surface area contributed by atoms with Crippen LogP contribution in [0.4, 0.5) is 5.82 Å². The van der Waals surface area contributed by atoms with Crippen LogP contribution in [0.1, 0.15) is 19.3 Å². The van der Waals surface area contributed by atoms with Crippen molar-refractivity contribution < 1.29 is 18.3 Å². The molecule has 2 rings (SSSR count). The summed E-state index contributed by atoms with van der Waals surface area (Å²) in [6.45, 7) is 0.427. The molecule has 1 aliphatic rings.